The normalized spacial score (nSPS) is 18.3. The van der Waals surface area contributed by atoms with Crippen molar-refractivity contribution in [2.45, 2.75) is 0 Å². The minimum Gasteiger partial charge on any atom is -0.309 e. The molecule has 2 nitrogen and oxygen atoms in total. The summed E-state index contributed by atoms with van der Waals surface area (Å²) >= 11 is 0. The molecule has 2 heteroatoms. The quantitative estimate of drug-likeness (QED) is 0.228. The molecule has 0 radical (unpaired) electrons. The average molecular weight is 503 g/mol. The van der Waals surface area contributed by atoms with E-state index in [1.807, 2.05) is 0 Å². The molecular weight excluding hydrogens is 460 g/mol. The molecule has 0 aliphatic carbocycles. The van der Waals surface area contributed by atoms with E-state index in [1.165, 1.54) is 22.8 Å². The highest BCUT2D eigenvalue weighted by Gasteiger charge is 2.17. The fraction of sp³-hybridized carbons (Fsp3) is 0. The maximum atomic E-state index is 9.75. The second-order valence-electron chi connectivity index (χ2n) is 8.43. The van der Waals surface area contributed by atoms with Crippen LogP contribution in [0.1, 0.15) is 24.7 Å². The smallest absolute Gasteiger partial charge is 0.0652 e. The van der Waals surface area contributed by atoms with Gasteiger partial charge in [0, 0.05) is 32.8 Å². The molecule has 0 saturated carbocycles. The lowest BCUT2D eigenvalue weighted by Crippen LogP contribution is -1.97. The van der Waals surface area contributed by atoms with E-state index in [9.17, 15) is 4.11 Å². The zero-order valence-corrected chi connectivity index (χ0v) is 19.4. The summed E-state index contributed by atoms with van der Waals surface area (Å²) in [7, 11) is 0. The third-order valence-corrected chi connectivity index (χ3v) is 6.41. The fourth-order valence-corrected chi connectivity index (χ4v) is 4.85. The van der Waals surface area contributed by atoms with Crippen molar-refractivity contribution in [1.82, 2.24) is 9.13 Å². The van der Waals surface area contributed by atoms with Crippen LogP contribution in [0.15, 0.2) is 145 Å². The molecule has 0 fully saturated rings. The molecule has 0 amide bonds. The number of aromatic nitrogens is 2. The second-order valence-corrected chi connectivity index (χ2v) is 8.43. The van der Waals surface area contributed by atoms with Gasteiger partial charge < -0.3 is 9.13 Å². The van der Waals surface area contributed by atoms with Crippen LogP contribution in [0.5, 0.6) is 0 Å². The van der Waals surface area contributed by atoms with Crippen molar-refractivity contribution in [2.24, 2.45) is 0 Å². The highest BCUT2D eigenvalue weighted by molar-refractivity contribution is 6.12. The molecule has 178 valence electrons. The Morgan fingerprint density at radius 2 is 1.00 bits per heavy atom. The lowest BCUT2D eigenvalue weighted by molar-refractivity contribution is 1.17. The lowest BCUT2D eigenvalue weighted by atomic mass is 10.0. The van der Waals surface area contributed by atoms with Crippen LogP contribution in [0.4, 0.5) is 0 Å². The van der Waals surface area contributed by atoms with Crippen LogP contribution in [0.2, 0.25) is 0 Å². The van der Waals surface area contributed by atoms with E-state index in [4.69, 9.17) is 20.6 Å². The van der Waals surface area contributed by atoms with E-state index in [0.717, 1.165) is 4.57 Å². The summed E-state index contributed by atoms with van der Waals surface area (Å²) in [5.74, 6) is 0. The molecule has 0 aliphatic heterocycles. The summed E-state index contributed by atoms with van der Waals surface area (Å²) in [5, 5.41) is -1.19. The number of nitrogens with zero attached hydrogens (tertiary/aromatic N) is 2. The highest BCUT2D eigenvalue weighted by Crippen LogP contribution is 2.38. The Hall–Kier alpha value is -5.08. The van der Waals surface area contributed by atoms with Gasteiger partial charge in [0.2, 0.25) is 0 Å². The van der Waals surface area contributed by atoms with Crippen LogP contribution in [0.25, 0.3) is 66.1 Å². The SMILES string of the molecule is [2H]c1cc([2H])c(-c2ccccc2-n2c3c([2H])c([2H])c([2H])c([2H])c3c3c([2H])c(-n4c5c([2H])c([2H])c([2H])c([2H])c5c5c([2H])c([2H])c([2H])c([2H])c54)c([2H])c([2H])c32)c([2H])c1. The molecule has 0 saturated heterocycles. The maximum Gasteiger partial charge on any atom is 0.0652 e. The molecule has 0 bridgehead atoms. The van der Waals surface area contributed by atoms with Crippen LogP contribution in [-0.4, -0.2) is 9.13 Å². The Balaban J connectivity index is 1.66. The molecular formula is C36H24N2. The van der Waals surface area contributed by atoms with Gasteiger partial charge in [-0.25, -0.2) is 0 Å². The van der Waals surface area contributed by atoms with Crippen molar-refractivity contribution >= 4 is 43.6 Å². The highest BCUT2D eigenvalue weighted by atomic mass is 15.0. The summed E-state index contributed by atoms with van der Waals surface area (Å²) in [4.78, 5) is 0. The third kappa shape index (κ3) is 3.01. The lowest BCUT2D eigenvalue weighted by Gasteiger charge is -2.14. The molecule has 0 unspecified atom stereocenters. The van der Waals surface area contributed by atoms with Crippen molar-refractivity contribution in [2.75, 3.05) is 0 Å². The van der Waals surface area contributed by atoms with Crippen molar-refractivity contribution < 1.29 is 24.7 Å². The van der Waals surface area contributed by atoms with Gasteiger partial charge >= 0.3 is 0 Å². The van der Waals surface area contributed by atoms with E-state index in [0.29, 0.717) is 0 Å². The van der Waals surface area contributed by atoms with Crippen molar-refractivity contribution in [3.63, 3.8) is 0 Å². The maximum absolute atomic E-state index is 9.75. The Bertz CT molecular complexity index is 3030. The Labute approximate surface area is 245 Å². The molecule has 6 aromatic carbocycles. The predicted octanol–water partition coefficient (Wildman–Crippen LogP) is 9.55. The van der Waals surface area contributed by atoms with Gasteiger partial charge in [-0.1, -0.05) is 103 Å². The number of fused-ring (bicyclic) bond motifs is 6. The molecule has 38 heavy (non-hydrogen) atoms. The van der Waals surface area contributed by atoms with Gasteiger partial charge in [-0.3, -0.25) is 0 Å². The first-order valence-corrected chi connectivity index (χ1v) is 11.6. The van der Waals surface area contributed by atoms with Gasteiger partial charge in [-0.15, -0.1) is 0 Å². The minimum absolute atomic E-state index is 0.0568. The molecule has 0 aliphatic rings. The average Bonchev–Trinajstić information content (AvgIpc) is 3.70. The van der Waals surface area contributed by atoms with E-state index < -0.39 is 107 Å². The Morgan fingerprint density at radius 3 is 1.68 bits per heavy atom. The Kier molecular flexibility index (Phi) is 2.16. The summed E-state index contributed by atoms with van der Waals surface area (Å²) < 4.78 is 161. The predicted molar refractivity (Wildman–Crippen MR) is 161 cm³/mol. The van der Waals surface area contributed by atoms with E-state index in [-0.39, 0.29) is 67.5 Å². The van der Waals surface area contributed by atoms with Crippen LogP contribution in [-0.2, 0) is 0 Å². The molecule has 8 aromatic rings. The first kappa shape index (κ1) is 10.00. The van der Waals surface area contributed by atoms with Gasteiger partial charge in [0.1, 0.15) is 0 Å². The van der Waals surface area contributed by atoms with Gasteiger partial charge in [-0.05, 0) is 47.9 Å². The summed E-state index contributed by atoms with van der Waals surface area (Å²) in [6, 6.07) is -2.01. The molecule has 0 atom stereocenters. The summed E-state index contributed by atoms with van der Waals surface area (Å²) in [5.41, 5.74) is -1.47. The summed E-state index contributed by atoms with van der Waals surface area (Å²) in [6.45, 7) is 0. The largest absolute Gasteiger partial charge is 0.309 e. The zero-order valence-electron chi connectivity index (χ0n) is 37.4. The summed E-state index contributed by atoms with van der Waals surface area (Å²) in [6.07, 6.45) is 0. The number of para-hydroxylation sites is 4. The Morgan fingerprint density at radius 1 is 0.447 bits per heavy atom. The van der Waals surface area contributed by atoms with Crippen LogP contribution >= 0.6 is 0 Å². The molecule has 0 spiro atoms. The fourth-order valence-electron chi connectivity index (χ4n) is 4.85. The van der Waals surface area contributed by atoms with Gasteiger partial charge in [0.05, 0.1) is 52.4 Å². The van der Waals surface area contributed by atoms with Crippen molar-refractivity contribution in [1.29, 1.82) is 0 Å². The number of benzene rings is 6. The first-order valence-electron chi connectivity index (χ1n) is 20.6. The third-order valence-electron chi connectivity index (χ3n) is 6.41. The first-order chi connectivity index (χ1) is 26.3. The molecule has 2 heterocycles. The number of hydrogen-bond donors (Lipinski definition) is 0. The zero-order chi connectivity index (χ0) is 40.7. The van der Waals surface area contributed by atoms with Crippen LogP contribution < -0.4 is 0 Å². The van der Waals surface area contributed by atoms with Crippen LogP contribution in [0, 0.1) is 0 Å². The number of hydrogen-bond acceptors (Lipinski definition) is 0. The standard InChI is InChI=1S/C36H24N2/c1-2-12-25(13-3-1)27-14-4-8-18-32(27)38-35-21-11-7-17-30(35)31-24-26(22-23-36(31)38)37-33-19-9-5-15-28(33)29-16-6-10-20-34(29)37/h1-24H/i1D,5D,6D,7D,9D,10D,11D,12D,13D,15D,16D,17D,19D,20D,21D,22D,23D,24D. The molecule has 8 rings (SSSR count). The van der Waals surface area contributed by atoms with Crippen molar-refractivity contribution in [3.8, 4) is 22.5 Å². The minimum atomic E-state index is -0.751. The van der Waals surface area contributed by atoms with E-state index in [2.05, 4.69) is 0 Å². The monoisotopic (exact) mass is 502 g/mol. The van der Waals surface area contributed by atoms with Crippen LogP contribution in [0.3, 0.4) is 0 Å². The molecule has 2 aromatic heterocycles. The van der Waals surface area contributed by atoms with Gasteiger partial charge in [0.25, 0.3) is 0 Å². The topological polar surface area (TPSA) is 9.86 Å². The van der Waals surface area contributed by atoms with E-state index >= 15 is 0 Å². The van der Waals surface area contributed by atoms with E-state index in [1.54, 1.807) is 18.2 Å². The second kappa shape index (κ2) is 8.22. The van der Waals surface area contributed by atoms with Gasteiger partial charge in [-0.2, -0.15) is 0 Å². The van der Waals surface area contributed by atoms with Gasteiger partial charge in [0.15, 0.2) is 0 Å². The van der Waals surface area contributed by atoms with Crippen molar-refractivity contribution in [3.05, 3.63) is 145 Å². The number of rotatable bonds is 3. The molecule has 0 N–H and O–H groups in total.